The van der Waals surface area contributed by atoms with E-state index in [0.717, 1.165) is 60.4 Å². The zero-order chi connectivity index (χ0) is 35.3. The van der Waals surface area contributed by atoms with Crippen molar-refractivity contribution in [3.05, 3.63) is 182 Å². The Labute approximate surface area is 310 Å². The molecular weight excluding hydrogens is 657 g/mol. The van der Waals surface area contributed by atoms with Crippen LogP contribution in [-0.4, -0.2) is 0 Å². The second-order valence-corrected chi connectivity index (χ2v) is 14.4. The van der Waals surface area contributed by atoms with Crippen LogP contribution < -0.4 is 0 Å². The van der Waals surface area contributed by atoms with Gasteiger partial charge in [-0.1, -0.05) is 146 Å². The van der Waals surface area contributed by atoms with Crippen LogP contribution >= 0.6 is 0 Å². The van der Waals surface area contributed by atoms with E-state index in [9.17, 15) is 0 Å². The van der Waals surface area contributed by atoms with Crippen LogP contribution in [-0.2, 0) is 0 Å². The molecule has 2 nitrogen and oxygen atoms in total. The molecule has 250 valence electrons. The molecule has 0 saturated carbocycles. The average Bonchev–Trinajstić information content (AvgIpc) is 3.79. The quantitative estimate of drug-likeness (QED) is 0.173. The van der Waals surface area contributed by atoms with Gasteiger partial charge in [0.15, 0.2) is 0 Å². The largest absolute Gasteiger partial charge is 0.456 e. The molecule has 0 unspecified atom stereocenters. The van der Waals surface area contributed by atoms with E-state index in [1.54, 1.807) is 0 Å². The van der Waals surface area contributed by atoms with Crippen LogP contribution in [0.25, 0.3) is 120 Å². The fourth-order valence-corrected chi connectivity index (χ4v) is 8.88. The predicted molar refractivity (Wildman–Crippen MR) is 227 cm³/mol. The molecule has 2 heteroatoms. The molecule has 0 spiro atoms. The van der Waals surface area contributed by atoms with Crippen LogP contribution in [0.5, 0.6) is 0 Å². The third-order valence-electron chi connectivity index (χ3n) is 11.4. The number of fused-ring (bicyclic) bond motifs is 11. The van der Waals surface area contributed by atoms with Crippen LogP contribution in [0.3, 0.4) is 0 Å². The predicted octanol–water partition coefficient (Wildman–Crippen LogP) is 15.1. The fourth-order valence-electron chi connectivity index (χ4n) is 8.88. The smallest absolute Gasteiger partial charge is 0.143 e. The zero-order valence-corrected chi connectivity index (χ0v) is 29.1. The lowest BCUT2D eigenvalue weighted by Crippen LogP contribution is -1.91. The maximum atomic E-state index is 6.45. The summed E-state index contributed by atoms with van der Waals surface area (Å²) in [7, 11) is 0. The summed E-state index contributed by atoms with van der Waals surface area (Å²) in [6.07, 6.45) is 0. The molecule has 2 heterocycles. The molecule has 0 amide bonds. The fraction of sp³-hybridized carbons (Fsp3) is 0. The van der Waals surface area contributed by atoms with Crippen LogP contribution in [0, 0.1) is 0 Å². The normalized spacial score (nSPS) is 12.1. The van der Waals surface area contributed by atoms with Gasteiger partial charge in [0.05, 0.1) is 0 Å². The number of rotatable bonds is 3. The Hall–Kier alpha value is -7.16. The third-order valence-corrected chi connectivity index (χ3v) is 11.4. The van der Waals surface area contributed by atoms with Crippen molar-refractivity contribution < 1.29 is 8.83 Å². The van der Waals surface area contributed by atoms with E-state index in [-0.39, 0.29) is 0 Å². The van der Waals surface area contributed by atoms with Gasteiger partial charge in [-0.2, -0.15) is 0 Å². The molecule has 0 aliphatic rings. The topological polar surface area (TPSA) is 26.3 Å². The Morgan fingerprint density at radius 1 is 0.241 bits per heavy atom. The van der Waals surface area contributed by atoms with Crippen LogP contribution in [0.4, 0.5) is 0 Å². The van der Waals surface area contributed by atoms with Gasteiger partial charge in [-0.3, -0.25) is 0 Å². The van der Waals surface area contributed by atoms with Crippen molar-refractivity contribution in [3.8, 4) is 33.4 Å². The van der Waals surface area contributed by atoms with Crippen molar-refractivity contribution in [2.24, 2.45) is 0 Å². The van der Waals surface area contributed by atoms with Gasteiger partial charge in [-0.25, -0.2) is 0 Å². The number of furan rings is 2. The summed E-state index contributed by atoms with van der Waals surface area (Å²) in [4.78, 5) is 0. The first-order valence-corrected chi connectivity index (χ1v) is 18.5. The number of benzene rings is 10. The highest BCUT2D eigenvalue weighted by Gasteiger charge is 2.18. The van der Waals surface area contributed by atoms with E-state index >= 15 is 0 Å². The minimum atomic E-state index is 0.833. The summed E-state index contributed by atoms with van der Waals surface area (Å²) in [6.45, 7) is 0. The zero-order valence-electron chi connectivity index (χ0n) is 29.1. The minimum Gasteiger partial charge on any atom is -0.456 e. The van der Waals surface area contributed by atoms with Gasteiger partial charge in [0.1, 0.15) is 22.3 Å². The molecule has 54 heavy (non-hydrogen) atoms. The van der Waals surface area contributed by atoms with Gasteiger partial charge in [0, 0.05) is 33.0 Å². The summed E-state index contributed by atoms with van der Waals surface area (Å²) in [5.41, 5.74) is 10.8. The van der Waals surface area contributed by atoms with Crippen molar-refractivity contribution in [2.75, 3.05) is 0 Å². The molecule has 0 radical (unpaired) electrons. The maximum absolute atomic E-state index is 6.45. The summed E-state index contributed by atoms with van der Waals surface area (Å²) in [5.74, 6) is 0. The second kappa shape index (κ2) is 11.2. The van der Waals surface area contributed by atoms with Crippen molar-refractivity contribution in [2.45, 2.75) is 0 Å². The Kier molecular flexibility index (Phi) is 6.09. The van der Waals surface area contributed by atoms with Gasteiger partial charge >= 0.3 is 0 Å². The van der Waals surface area contributed by atoms with Gasteiger partial charge in [-0.15, -0.1) is 0 Å². The molecule has 0 N–H and O–H groups in total. The molecule has 10 aromatic carbocycles. The van der Waals surface area contributed by atoms with E-state index in [0.29, 0.717) is 0 Å². The highest BCUT2D eigenvalue weighted by Crippen LogP contribution is 2.45. The van der Waals surface area contributed by atoms with Crippen molar-refractivity contribution in [3.63, 3.8) is 0 Å². The third kappa shape index (κ3) is 4.28. The van der Waals surface area contributed by atoms with E-state index < -0.39 is 0 Å². The molecule has 0 saturated heterocycles. The first-order valence-electron chi connectivity index (χ1n) is 18.5. The first kappa shape index (κ1) is 29.4. The average molecular weight is 687 g/mol. The van der Waals surface area contributed by atoms with Crippen molar-refractivity contribution in [1.29, 1.82) is 0 Å². The van der Waals surface area contributed by atoms with Crippen LogP contribution in [0.15, 0.2) is 191 Å². The molecule has 12 rings (SSSR count). The van der Waals surface area contributed by atoms with Gasteiger partial charge in [0.25, 0.3) is 0 Å². The Balaban J connectivity index is 0.988. The number of hydrogen-bond donors (Lipinski definition) is 0. The lowest BCUT2D eigenvalue weighted by atomic mass is 9.85. The summed E-state index contributed by atoms with van der Waals surface area (Å²) >= 11 is 0. The van der Waals surface area contributed by atoms with Gasteiger partial charge in [0.2, 0.25) is 0 Å². The van der Waals surface area contributed by atoms with E-state index in [2.05, 4.69) is 176 Å². The summed E-state index contributed by atoms with van der Waals surface area (Å²) in [5, 5.41) is 14.3. The Morgan fingerprint density at radius 2 is 0.759 bits per heavy atom. The molecule has 0 aliphatic heterocycles. The second-order valence-electron chi connectivity index (χ2n) is 14.4. The molecule has 0 fully saturated rings. The van der Waals surface area contributed by atoms with Crippen molar-refractivity contribution in [1.82, 2.24) is 0 Å². The Bertz CT molecular complexity index is 3430. The van der Waals surface area contributed by atoms with Crippen LogP contribution in [0.2, 0.25) is 0 Å². The summed E-state index contributed by atoms with van der Waals surface area (Å²) < 4.78 is 12.8. The highest BCUT2D eigenvalue weighted by molar-refractivity contribution is 6.22. The first-order chi connectivity index (χ1) is 26.7. The van der Waals surface area contributed by atoms with E-state index in [1.165, 1.54) is 60.0 Å². The number of hydrogen-bond acceptors (Lipinski definition) is 2. The maximum Gasteiger partial charge on any atom is 0.143 e. The lowest BCUT2D eigenvalue weighted by molar-refractivity contribution is 0.658. The van der Waals surface area contributed by atoms with E-state index in [4.69, 9.17) is 8.83 Å². The monoisotopic (exact) mass is 686 g/mol. The molecular formula is C52H30O2. The Morgan fingerprint density at radius 3 is 1.50 bits per heavy atom. The van der Waals surface area contributed by atoms with Crippen molar-refractivity contribution >= 4 is 87.0 Å². The molecule has 0 bridgehead atoms. The molecule has 2 aromatic heterocycles. The standard InChI is InChI=1S/C52H30O2/c1-2-11-35-27-37(22-19-31(35)9-1)51-41-15-7-5-13-39(41)50(40-14-6-8-16-42(40)51)34-20-17-32(18-21-34)36-24-26-47-44(28-36)46-29-45-43-25-23-33-10-3-4-12-38(33)52(43)54-49(45)30-48(46)53-47/h1-30H. The molecule has 12 aromatic rings. The van der Waals surface area contributed by atoms with Gasteiger partial charge in [-0.05, 0) is 101 Å². The SMILES string of the molecule is c1ccc2cc(-c3c4ccccc4c(-c4ccc(-c5ccc6oc7cc8oc9c%10ccccc%10ccc9c8cc7c6c5)cc4)c4ccccc34)ccc2c1. The lowest BCUT2D eigenvalue weighted by Gasteiger charge is -2.18. The minimum absolute atomic E-state index is 0.833. The van der Waals surface area contributed by atoms with E-state index in [1.807, 2.05) is 6.07 Å². The highest BCUT2D eigenvalue weighted by atomic mass is 16.3. The van der Waals surface area contributed by atoms with Crippen LogP contribution in [0.1, 0.15) is 0 Å². The summed E-state index contributed by atoms with van der Waals surface area (Å²) in [6, 6.07) is 65.8. The molecule has 0 aliphatic carbocycles. The van der Waals surface area contributed by atoms with Gasteiger partial charge < -0.3 is 8.83 Å². The molecule has 0 atom stereocenters.